The molecule has 0 spiro atoms. The minimum atomic E-state index is 0.894. The second-order valence-corrected chi connectivity index (χ2v) is 2.76. The Morgan fingerprint density at radius 3 is 2.54 bits per heavy atom. The molecular formula is C11H10N2. The Labute approximate surface area is 77.1 Å². The molecule has 0 atom stereocenters. The van der Waals surface area contributed by atoms with Crippen LogP contribution in [0.15, 0.2) is 55.4 Å². The molecule has 1 heterocycles. The van der Waals surface area contributed by atoms with Crippen LogP contribution in [0.4, 0.5) is 0 Å². The summed E-state index contributed by atoms with van der Waals surface area (Å²) >= 11 is 0. The van der Waals surface area contributed by atoms with E-state index in [2.05, 4.69) is 11.7 Å². The van der Waals surface area contributed by atoms with Gasteiger partial charge in [0, 0.05) is 12.4 Å². The first-order valence-electron chi connectivity index (χ1n) is 4.12. The van der Waals surface area contributed by atoms with Crippen LogP contribution in [0.3, 0.4) is 0 Å². The van der Waals surface area contributed by atoms with E-state index >= 15 is 0 Å². The predicted molar refractivity (Wildman–Crippen MR) is 53.1 cm³/mol. The van der Waals surface area contributed by atoms with Gasteiger partial charge in [-0.05, 0) is 11.6 Å². The third-order valence-electron chi connectivity index (χ3n) is 1.89. The van der Waals surface area contributed by atoms with Crippen LogP contribution in [-0.2, 0) is 0 Å². The lowest BCUT2D eigenvalue weighted by molar-refractivity contribution is 0.907. The van der Waals surface area contributed by atoms with Gasteiger partial charge < -0.3 is 0 Å². The molecule has 0 N–H and O–H groups in total. The SMILES string of the molecule is C=C(c1ccccc1)n1cccn1. The Morgan fingerprint density at radius 2 is 1.92 bits per heavy atom. The maximum absolute atomic E-state index is 4.11. The minimum absolute atomic E-state index is 0.894. The van der Waals surface area contributed by atoms with E-state index in [9.17, 15) is 0 Å². The second kappa shape index (κ2) is 3.27. The first-order chi connectivity index (χ1) is 6.38. The first kappa shape index (κ1) is 7.80. The third kappa shape index (κ3) is 1.51. The van der Waals surface area contributed by atoms with Gasteiger partial charge in [-0.3, -0.25) is 0 Å². The highest BCUT2D eigenvalue weighted by molar-refractivity contribution is 5.62. The largest absolute Gasteiger partial charge is 0.241 e. The van der Waals surface area contributed by atoms with Crippen LogP contribution in [0.2, 0.25) is 0 Å². The lowest BCUT2D eigenvalue weighted by Gasteiger charge is -2.04. The van der Waals surface area contributed by atoms with Gasteiger partial charge in [-0.1, -0.05) is 36.9 Å². The molecule has 0 aliphatic carbocycles. The highest BCUT2D eigenvalue weighted by atomic mass is 15.3. The van der Waals surface area contributed by atoms with Crippen molar-refractivity contribution in [3.05, 3.63) is 60.9 Å². The van der Waals surface area contributed by atoms with Crippen molar-refractivity contribution in [1.82, 2.24) is 9.78 Å². The molecule has 0 unspecified atom stereocenters. The predicted octanol–water partition coefficient (Wildman–Crippen LogP) is 2.40. The fraction of sp³-hybridized carbons (Fsp3) is 0. The highest BCUT2D eigenvalue weighted by Crippen LogP contribution is 2.12. The topological polar surface area (TPSA) is 17.8 Å². The lowest BCUT2D eigenvalue weighted by atomic mass is 10.2. The molecule has 1 aromatic carbocycles. The van der Waals surface area contributed by atoms with E-state index in [4.69, 9.17) is 0 Å². The molecule has 2 heteroatoms. The molecule has 0 aliphatic heterocycles. The normalized spacial score (nSPS) is 9.85. The minimum Gasteiger partial charge on any atom is -0.241 e. The molecule has 1 aromatic heterocycles. The maximum Gasteiger partial charge on any atom is 0.0646 e. The van der Waals surface area contributed by atoms with Gasteiger partial charge in [0.25, 0.3) is 0 Å². The standard InChI is InChI=1S/C11H10N2/c1-10(13-9-5-8-12-13)11-6-3-2-4-7-11/h2-9H,1H2. The average molecular weight is 170 g/mol. The number of rotatable bonds is 2. The molecule has 0 aliphatic rings. The fourth-order valence-electron chi connectivity index (χ4n) is 1.19. The van der Waals surface area contributed by atoms with E-state index in [0.717, 1.165) is 11.3 Å². The quantitative estimate of drug-likeness (QED) is 0.676. The number of benzene rings is 1. The van der Waals surface area contributed by atoms with Gasteiger partial charge in [0.15, 0.2) is 0 Å². The van der Waals surface area contributed by atoms with E-state index in [0.29, 0.717) is 0 Å². The fourth-order valence-corrected chi connectivity index (χ4v) is 1.19. The molecule has 2 aromatic rings. The summed E-state index contributed by atoms with van der Waals surface area (Å²) < 4.78 is 1.76. The van der Waals surface area contributed by atoms with Crippen molar-refractivity contribution in [3.63, 3.8) is 0 Å². The number of hydrogen-bond acceptors (Lipinski definition) is 1. The number of nitrogens with zero attached hydrogens (tertiary/aromatic N) is 2. The van der Waals surface area contributed by atoms with E-state index in [-0.39, 0.29) is 0 Å². The van der Waals surface area contributed by atoms with Crippen molar-refractivity contribution in [3.8, 4) is 0 Å². The van der Waals surface area contributed by atoms with Crippen LogP contribution < -0.4 is 0 Å². The zero-order valence-corrected chi connectivity index (χ0v) is 7.22. The van der Waals surface area contributed by atoms with Crippen LogP contribution >= 0.6 is 0 Å². The van der Waals surface area contributed by atoms with Crippen molar-refractivity contribution in [1.29, 1.82) is 0 Å². The van der Waals surface area contributed by atoms with Gasteiger partial charge >= 0.3 is 0 Å². The zero-order chi connectivity index (χ0) is 9.10. The van der Waals surface area contributed by atoms with Gasteiger partial charge in [-0.2, -0.15) is 5.10 Å². The Hall–Kier alpha value is -1.83. The van der Waals surface area contributed by atoms with Gasteiger partial charge in [-0.25, -0.2) is 4.68 Å². The van der Waals surface area contributed by atoms with Gasteiger partial charge in [0.2, 0.25) is 0 Å². The summed E-state index contributed by atoms with van der Waals surface area (Å²) in [7, 11) is 0. The second-order valence-electron chi connectivity index (χ2n) is 2.76. The maximum atomic E-state index is 4.11. The summed E-state index contributed by atoms with van der Waals surface area (Å²) in [5.74, 6) is 0. The Bertz CT molecular complexity index is 387. The first-order valence-corrected chi connectivity index (χ1v) is 4.12. The Kier molecular flexibility index (Phi) is 1.96. The van der Waals surface area contributed by atoms with Gasteiger partial charge in [0.1, 0.15) is 0 Å². The van der Waals surface area contributed by atoms with E-state index in [1.54, 1.807) is 10.9 Å². The highest BCUT2D eigenvalue weighted by Gasteiger charge is 1.98. The van der Waals surface area contributed by atoms with Crippen molar-refractivity contribution < 1.29 is 0 Å². The lowest BCUT2D eigenvalue weighted by Crippen LogP contribution is -1.96. The molecular weight excluding hydrogens is 160 g/mol. The van der Waals surface area contributed by atoms with Crippen molar-refractivity contribution in [2.45, 2.75) is 0 Å². The molecule has 13 heavy (non-hydrogen) atoms. The van der Waals surface area contributed by atoms with Crippen molar-refractivity contribution >= 4 is 5.70 Å². The van der Waals surface area contributed by atoms with Crippen LogP contribution in [-0.4, -0.2) is 9.78 Å². The summed E-state index contributed by atoms with van der Waals surface area (Å²) in [6, 6.07) is 11.9. The van der Waals surface area contributed by atoms with Crippen LogP contribution in [0, 0.1) is 0 Å². The Balaban J connectivity index is 2.34. The zero-order valence-electron chi connectivity index (χ0n) is 7.22. The summed E-state index contributed by atoms with van der Waals surface area (Å²) in [4.78, 5) is 0. The average Bonchev–Trinajstić information content (AvgIpc) is 2.71. The van der Waals surface area contributed by atoms with E-state index in [1.165, 1.54) is 0 Å². The molecule has 0 radical (unpaired) electrons. The van der Waals surface area contributed by atoms with E-state index < -0.39 is 0 Å². The molecule has 0 saturated carbocycles. The molecule has 0 bridgehead atoms. The Morgan fingerprint density at radius 1 is 1.15 bits per heavy atom. The molecule has 0 amide bonds. The van der Waals surface area contributed by atoms with Crippen LogP contribution in [0.25, 0.3) is 5.70 Å². The van der Waals surface area contributed by atoms with Crippen molar-refractivity contribution in [2.24, 2.45) is 0 Å². The summed E-state index contributed by atoms with van der Waals surface area (Å²) in [6.45, 7) is 3.97. The monoisotopic (exact) mass is 170 g/mol. The van der Waals surface area contributed by atoms with Gasteiger partial charge in [-0.15, -0.1) is 0 Å². The van der Waals surface area contributed by atoms with Crippen LogP contribution in [0.1, 0.15) is 5.56 Å². The van der Waals surface area contributed by atoms with Crippen molar-refractivity contribution in [2.75, 3.05) is 0 Å². The number of hydrogen-bond donors (Lipinski definition) is 0. The number of aromatic nitrogens is 2. The molecule has 0 saturated heterocycles. The summed E-state index contributed by atoms with van der Waals surface area (Å²) in [6.07, 6.45) is 3.63. The molecule has 0 fully saturated rings. The summed E-state index contributed by atoms with van der Waals surface area (Å²) in [5.41, 5.74) is 1.98. The van der Waals surface area contributed by atoms with E-state index in [1.807, 2.05) is 42.6 Å². The smallest absolute Gasteiger partial charge is 0.0646 e. The third-order valence-corrected chi connectivity index (χ3v) is 1.89. The summed E-state index contributed by atoms with van der Waals surface area (Å²) in [5, 5.41) is 4.11. The van der Waals surface area contributed by atoms with Crippen LogP contribution in [0.5, 0.6) is 0 Å². The molecule has 2 rings (SSSR count). The molecule has 2 nitrogen and oxygen atoms in total. The van der Waals surface area contributed by atoms with Gasteiger partial charge in [0.05, 0.1) is 5.70 Å². The molecule has 64 valence electrons.